The van der Waals surface area contributed by atoms with E-state index in [0.717, 1.165) is 11.3 Å². The van der Waals surface area contributed by atoms with Gasteiger partial charge in [-0.15, -0.1) is 5.10 Å². The summed E-state index contributed by atoms with van der Waals surface area (Å²) in [7, 11) is 1.62. The van der Waals surface area contributed by atoms with Gasteiger partial charge < -0.3 is 10.1 Å². The van der Waals surface area contributed by atoms with Gasteiger partial charge in [0, 0.05) is 12.1 Å². The number of ether oxygens (including phenoxy) is 1. The van der Waals surface area contributed by atoms with Gasteiger partial charge in [0.1, 0.15) is 23.8 Å². The number of nitrogens with one attached hydrogen (secondary N) is 1. The predicted molar refractivity (Wildman–Crippen MR) is 95.1 cm³/mol. The lowest BCUT2D eigenvalue weighted by molar-refractivity contribution is -0.121. The average Bonchev–Trinajstić information content (AvgIpc) is 3.10. The first-order valence-electron chi connectivity index (χ1n) is 8.21. The maximum atomic E-state index is 13.8. The molecule has 0 bridgehead atoms. The molecule has 3 aromatic rings. The minimum absolute atomic E-state index is 0.0212. The number of halogens is 1. The molecule has 134 valence electrons. The predicted octanol–water partition coefficient (Wildman–Crippen LogP) is 2.45. The van der Waals surface area contributed by atoms with Crippen molar-refractivity contribution in [1.29, 1.82) is 0 Å². The highest BCUT2D eigenvalue weighted by atomic mass is 19.1. The minimum atomic E-state index is -0.374. The SMILES string of the molecule is COc1ccccc1CCNC(=O)Cn1cc(-c2ccccc2F)nn1. The van der Waals surface area contributed by atoms with E-state index in [4.69, 9.17) is 4.74 Å². The van der Waals surface area contributed by atoms with Gasteiger partial charge in [-0.05, 0) is 30.2 Å². The van der Waals surface area contributed by atoms with Crippen molar-refractivity contribution in [2.45, 2.75) is 13.0 Å². The molecular weight excluding hydrogens is 335 g/mol. The van der Waals surface area contributed by atoms with Crippen molar-refractivity contribution in [1.82, 2.24) is 20.3 Å². The van der Waals surface area contributed by atoms with Gasteiger partial charge in [0.05, 0.1) is 13.3 Å². The number of benzene rings is 2. The zero-order valence-electron chi connectivity index (χ0n) is 14.4. The Labute approximate surface area is 150 Å². The highest BCUT2D eigenvalue weighted by Crippen LogP contribution is 2.19. The summed E-state index contributed by atoms with van der Waals surface area (Å²) in [6.07, 6.45) is 2.21. The van der Waals surface area contributed by atoms with E-state index in [2.05, 4.69) is 15.6 Å². The van der Waals surface area contributed by atoms with Crippen LogP contribution in [-0.2, 0) is 17.8 Å². The molecule has 0 spiro atoms. The van der Waals surface area contributed by atoms with E-state index in [1.807, 2.05) is 24.3 Å². The number of amides is 1. The molecule has 0 aliphatic rings. The second-order valence-electron chi connectivity index (χ2n) is 5.69. The van der Waals surface area contributed by atoms with Gasteiger partial charge in [-0.25, -0.2) is 9.07 Å². The average molecular weight is 354 g/mol. The van der Waals surface area contributed by atoms with Crippen LogP contribution in [0.15, 0.2) is 54.7 Å². The van der Waals surface area contributed by atoms with E-state index in [9.17, 15) is 9.18 Å². The molecule has 3 rings (SSSR count). The number of nitrogens with zero attached hydrogens (tertiary/aromatic N) is 3. The molecular formula is C19H19FN4O2. The van der Waals surface area contributed by atoms with Crippen molar-refractivity contribution in [2.24, 2.45) is 0 Å². The Morgan fingerprint density at radius 3 is 2.77 bits per heavy atom. The van der Waals surface area contributed by atoms with Gasteiger partial charge in [0.15, 0.2) is 0 Å². The third kappa shape index (κ3) is 4.24. The van der Waals surface area contributed by atoms with Gasteiger partial charge in [-0.3, -0.25) is 4.79 Å². The lowest BCUT2D eigenvalue weighted by Crippen LogP contribution is -2.29. The number of aromatic nitrogens is 3. The fourth-order valence-corrected chi connectivity index (χ4v) is 2.62. The Balaban J connectivity index is 1.53. The standard InChI is InChI=1S/C19H19FN4O2/c1-26-18-9-5-2-6-14(18)10-11-21-19(25)13-24-12-17(22-23-24)15-7-3-4-8-16(15)20/h2-9,12H,10-11,13H2,1H3,(H,21,25). The highest BCUT2D eigenvalue weighted by molar-refractivity contribution is 5.75. The Bertz CT molecular complexity index is 895. The monoisotopic (exact) mass is 354 g/mol. The van der Waals surface area contributed by atoms with Crippen LogP contribution >= 0.6 is 0 Å². The summed E-state index contributed by atoms with van der Waals surface area (Å²) in [6.45, 7) is 0.501. The highest BCUT2D eigenvalue weighted by Gasteiger charge is 2.10. The van der Waals surface area contributed by atoms with Crippen LogP contribution in [-0.4, -0.2) is 34.6 Å². The maximum absolute atomic E-state index is 13.8. The number of carbonyl (C=O) groups is 1. The first-order valence-corrected chi connectivity index (χ1v) is 8.21. The minimum Gasteiger partial charge on any atom is -0.496 e. The Morgan fingerprint density at radius 1 is 1.19 bits per heavy atom. The molecule has 0 unspecified atom stereocenters. The molecule has 0 saturated carbocycles. The summed E-state index contributed by atoms with van der Waals surface area (Å²) in [6, 6.07) is 14.0. The first-order chi connectivity index (χ1) is 12.7. The number of carbonyl (C=O) groups excluding carboxylic acids is 1. The Morgan fingerprint density at radius 2 is 1.96 bits per heavy atom. The molecule has 0 aliphatic heterocycles. The topological polar surface area (TPSA) is 69.0 Å². The quantitative estimate of drug-likeness (QED) is 0.708. The van der Waals surface area contributed by atoms with Crippen molar-refractivity contribution >= 4 is 5.91 Å². The lowest BCUT2D eigenvalue weighted by Gasteiger charge is -2.09. The summed E-state index contributed by atoms with van der Waals surface area (Å²) in [5.74, 6) is 0.234. The number of hydrogen-bond acceptors (Lipinski definition) is 4. The van der Waals surface area contributed by atoms with Crippen LogP contribution in [0, 0.1) is 5.82 Å². The van der Waals surface area contributed by atoms with Crippen LogP contribution in [0.4, 0.5) is 4.39 Å². The van der Waals surface area contributed by atoms with Gasteiger partial charge in [-0.1, -0.05) is 35.5 Å². The summed E-state index contributed by atoms with van der Waals surface area (Å²) < 4.78 is 20.4. The molecule has 1 heterocycles. The molecule has 0 radical (unpaired) electrons. The zero-order valence-corrected chi connectivity index (χ0v) is 14.4. The number of methoxy groups -OCH3 is 1. The van der Waals surface area contributed by atoms with E-state index in [1.165, 1.54) is 10.7 Å². The van der Waals surface area contributed by atoms with Gasteiger partial charge >= 0.3 is 0 Å². The van der Waals surface area contributed by atoms with Crippen molar-refractivity contribution in [3.8, 4) is 17.0 Å². The second-order valence-corrected chi connectivity index (χ2v) is 5.69. The van der Waals surface area contributed by atoms with Crippen molar-refractivity contribution in [3.63, 3.8) is 0 Å². The smallest absolute Gasteiger partial charge is 0.241 e. The van der Waals surface area contributed by atoms with Gasteiger partial charge in [0.2, 0.25) is 5.91 Å². The third-order valence-electron chi connectivity index (χ3n) is 3.90. The fourth-order valence-electron chi connectivity index (χ4n) is 2.62. The molecule has 0 aliphatic carbocycles. The van der Waals surface area contributed by atoms with Crippen molar-refractivity contribution in [3.05, 3.63) is 66.1 Å². The normalized spacial score (nSPS) is 10.5. The molecule has 0 saturated heterocycles. The first kappa shape index (κ1) is 17.6. The van der Waals surface area contributed by atoms with E-state index in [-0.39, 0.29) is 18.3 Å². The molecule has 1 amide bonds. The largest absolute Gasteiger partial charge is 0.496 e. The van der Waals surface area contributed by atoms with Gasteiger partial charge in [-0.2, -0.15) is 0 Å². The van der Waals surface area contributed by atoms with Crippen LogP contribution in [0.3, 0.4) is 0 Å². The molecule has 1 aromatic heterocycles. The maximum Gasteiger partial charge on any atom is 0.241 e. The van der Waals surface area contributed by atoms with E-state index < -0.39 is 0 Å². The van der Waals surface area contributed by atoms with Gasteiger partial charge in [0.25, 0.3) is 0 Å². The van der Waals surface area contributed by atoms with Crippen LogP contribution < -0.4 is 10.1 Å². The molecule has 0 fully saturated rings. The summed E-state index contributed by atoms with van der Waals surface area (Å²) in [5, 5.41) is 10.6. The number of para-hydroxylation sites is 1. The fraction of sp³-hybridized carbons (Fsp3) is 0.211. The zero-order chi connectivity index (χ0) is 18.4. The van der Waals surface area contributed by atoms with E-state index >= 15 is 0 Å². The molecule has 26 heavy (non-hydrogen) atoms. The molecule has 6 nitrogen and oxygen atoms in total. The number of rotatable bonds is 7. The lowest BCUT2D eigenvalue weighted by atomic mass is 10.1. The number of hydrogen-bond donors (Lipinski definition) is 1. The second kappa shape index (κ2) is 8.24. The Hall–Kier alpha value is -3.22. The molecule has 0 atom stereocenters. The summed E-state index contributed by atoms with van der Waals surface area (Å²) in [4.78, 5) is 12.1. The summed E-state index contributed by atoms with van der Waals surface area (Å²) in [5.41, 5.74) is 1.78. The van der Waals surface area contributed by atoms with Crippen molar-refractivity contribution in [2.75, 3.05) is 13.7 Å². The third-order valence-corrected chi connectivity index (χ3v) is 3.90. The van der Waals surface area contributed by atoms with Crippen LogP contribution in [0.1, 0.15) is 5.56 Å². The van der Waals surface area contributed by atoms with E-state index in [0.29, 0.717) is 24.2 Å². The molecule has 7 heteroatoms. The van der Waals surface area contributed by atoms with Crippen LogP contribution in [0.25, 0.3) is 11.3 Å². The molecule has 2 aromatic carbocycles. The van der Waals surface area contributed by atoms with Crippen molar-refractivity contribution < 1.29 is 13.9 Å². The summed E-state index contributed by atoms with van der Waals surface area (Å²) >= 11 is 0. The van der Waals surface area contributed by atoms with Crippen LogP contribution in [0.2, 0.25) is 0 Å². The molecule has 1 N–H and O–H groups in total. The van der Waals surface area contributed by atoms with Crippen LogP contribution in [0.5, 0.6) is 5.75 Å². The Kier molecular flexibility index (Phi) is 5.58. The van der Waals surface area contributed by atoms with E-state index in [1.54, 1.807) is 31.5 Å².